The summed E-state index contributed by atoms with van der Waals surface area (Å²) < 4.78 is 34.8. The third-order valence-corrected chi connectivity index (χ3v) is 9.52. The molecule has 0 aromatic carbocycles. The van der Waals surface area contributed by atoms with E-state index < -0.39 is 10.1 Å². The molecule has 0 unspecified atom stereocenters. The summed E-state index contributed by atoms with van der Waals surface area (Å²) in [5.41, 5.74) is 0. The van der Waals surface area contributed by atoms with Crippen molar-refractivity contribution in [2.75, 3.05) is 31.9 Å². The first kappa shape index (κ1) is 38.9. The van der Waals surface area contributed by atoms with Gasteiger partial charge in [0.15, 0.2) is 0 Å². The van der Waals surface area contributed by atoms with Crippen LogP contribution in [0.15, 0.2) is 0 Å². The molecule has 39 heavy (non-hydrogen) atoms. The first-order valence-electron chi connectivity index (χ1n) is 17.7. The summed E-state index contributed by atoms with van der Waals surface area (Å²) in [5, 5.41) is 0. The van der Waals surface area contributed by atoms with Crippen LogP contribution in [0, 0.1) is 0 Å². The van der Waals surface area contributed by atoms with Gasteiger partial charge in [-0.25, -0.2) is 8.42 Å². The van der Waals surface area contributed by atoms with E-state index in [0.29, 0.717) is 6.42 Å². The van der Waals surface area contributed by atoms with E-state index in [0.717, 1.165) is 13.0 Å². The summed E-state index contributed by atoms with van der Waals surface area (Å²) in [4.78, 5) is 0. The van der Waals surface area contributed by atoms with Gasteiger partial charge in [-0.2, -0.15) is 0 Å². The van der Waals surface area contributed by atoms with E-state index in [1.807, 2.05) is 0 Å². The van der Waals surface area contributed by atoms with Crippen LogP contribution in [-0.4, -0.2) is 49.4 Å². The van der Waals surface area contributed by atoms with Crippen molar-refractivity contribution in [2.45, 2.75) is 188 Å². The van der Waals surface area contributed by atoms with Gasteiger partial charge in [-0.05, 0) is 51.4 Å². The Morgan fingerprint density at radius 2 is 0.615 bits per heavy atom. The highest BCUT2D eigenvalue weighted by atomic mass is 32.2. The number of hydrogen-bond acceptors (Lipinski definition) is 3. The highest BCUT2D eigenvalue weighted by Crippen LogP contribution is 2.20. The summed E-state index contributed by atoms with van der Waals surface area (Å²) in [6.45, 7) is 11.6. The van der Waals surface area contributed by atoms with Crippen LogP contribution >= 0.6 is 0 Å². The molecular weight excluding hydrogens is 502 g/mol. The van der Waals surface area contributed by atoms with E-state index in [9.17, 15) is 13.0 Å². The van der Waals surface area contributed by atoms with Crippen molar-refractivity contribution in [3.63, 3.8) is 0 Å². The third kappa shape index (κ3) is 27.8. The van der Waals surface area contributed by atoms with Gasteiger partial charge in [0.25, 0.3) is 0 Å². The lowest BCUT2D eigenvalue weighted by atomic mass is 10.0. The molecule has 0 bridgehead atoms. The molecule has 0 aliphatic carbocycles. The minimum atomic E-state index is -4.10. The normalized spacial score (nSPS) is 12.4. The number of unbranched alkanes of at least 4 members (excludes halogenated alkanes) is 22. The van der Waals surface area contributed by atoms with Gasteiger partial charge in [0, 0.05) is 5.75 Å². The summed E-state index contributed by atoms with van der Waals surface area (Å²) in [6.07, 6.45) is 33.8. The molecule has 0 atom stereocenters. The van der Waals surface area contributed by atoms with Gasteiger partial charge < -0.3 is 9.04 Å². The topological polar surface area (TPSA) is 57.2 Å². The van der Waals surface area contributed by atoms with Gasteiger partial charge in [0.2, 0.25) is 0 Å². The fraction of sp³-hybridized carbons (Fsp3) is 1.00. The Hall–Kier alpha value is -0.130. The molecule has 0 aromatic rings. The highest BCUT2D eigenvalue weighted by Gasteiger charge is 2.26. The van der Waals surface area contributed by atoms with E-state index in [-0.39, 0.29) is 5.75 Å². The minimum Gasteiger partial charge on any atom is -0.748 e. The Balaban J connectivity index is 4.88. The van der Waals surface area contributed by atoms with E-state index in [2.05, 4.69) is 20.8 Å². The van der Waals surface area contributed by atoms with Gasteiger partial charge >= 0.3 is 0 Å². The van der Waals surface area contributed by atoms with Gasteiger partial charge in [-0.15, -0.1) is 0 Å². The zero-order valence-corrected chi connectivity index (χ0v) is 27.8. The minimum absolute atomic E-state index is 0.194. The van der Waals surface area contributed by atoms with E-state index in [4.69, 9.17) is 0 Å². The van der Waals surface area contributed by atoms with Gasteiger partial charge in [-0.1, -0.05) is 136 Å². The zero-order chi connectivity index (χ0) is 28.9. The largest absolute Gasteiger partial charge is 0.748 e. The molecule has 0 saturated carbocycles. The highest BCUT2D eigenvalue weighted by molar-refractivity contribution is 7.85. The molecule has 0 saturated heterocycles. The van der Waals surface area contributed by atoms with Crippen LogP contribution in [0.4, 0.5) is 0 Å². The van der Waals surface area contributed by atoms with Crippen molar-refractivity contribution >= 4 is 10.1 Å². The number of hydrogen-bond donors (Lipinski definition) is 0. The Morgan fingerprint density at radius 3 is 0.872 bits per heavy atom. The van der Waals surface area contributed by atoms with E-state index in [1.165, 1.54) is 178 Å². The van der Waals surface area contributed by atoms with Crippen molar-refractivity contribution in [3.8, 4) is 0 Å². The molecule has 236 valence electrons. The summed E-state index contributed by atoms with van der Waals surface area (Å²) in [6, 6.07) is 0. The maximum atomic E-state index is 11.2. The zero-order valence-electron chi connectivity index (χ0n) is 27.0. The Kier molecular flexibility index (Phi) is 27.9. The second kappa shape index (κ2) is 28.0. The van der Waals surface area contributed by atoms with Crippen LogP contribution < -0.4 is 0 Å². The first-order chi connectivity index (χ1) is 18.9. The molecular formula is C34H71NO3S. The van der Waals surface area contributed by atoms with Crippen LogP contribution in [0.1, 0.15) is 188 Å². The van der Waals surface area contributed by atoms with Crippen LogP contribution in [0.25, 0.3) is 0 Å². The molecule has 0 rings (SSSR count). The monoisotopic (exact) mass is 574 g/mol. The summed E-state index contributed by atoms with van der Waals surface area (Å²) >= 11 is 0. The predicted molar refractivity (Wildman–Crippen MR) is 171 cm³/mol. The molecule has 0 N–H and O–H groups in total. The molecule has 0 radical (unpaired) electrons. The molecule has 0 fully saturated rings. The lowest BCUT2D eigenvalue weighted by Gasteiger charge is -2.40. The summed E-state index contributed by atoms with van der Waals surface area (Å²) in [5.74, 6) is -0.194. The Bertz CT molecular complexity index is 543. The second-order valence-corrected chi connectivity index (χ2v) is 14.2. The average Bonchev–Trinajstić information content (AvgIpc) is 2.90. The fourth-order valence-electron chi connectivity index (χ4n) is 6.14. The maximum absolute atomic E-state index is 11.2. The number of quaternary nitrogens is 1. The molecule has 0 spiro atoms. The molecule has 0 heterocycles. The SMILES string of the molecule is CCCCCCCCCC[N+](CCCCCCCCCC)(CCCCCCCCCC)CCCCS(=O)(=O)[O-]. The lowest BCUT2D eigenvalue weighted by Crippen LogP contribution is -2.51. The predicted octanol–water partition coefficient (Wildman–Crippen LogP) is 10.6. The third-order valence-electron chi connectivity index (χ3n) is 8.73. The number of rotatable bonds is 32. The van der Waals surface area contributed by atoms with Crippen molar-refractivity contribution in [1.29, 1.82) is 0 Å². The van der Waals surface area contributed by atoms with Crippen molar-refractivity contribution in [1.82, 2.24) is 0 Å². The lowest BCUT2D eigenvalue weighted by molar-refractivity contribution is -0.929. The maximum Gasteiger partial charge on any atom is 0.0945 e. The van der Waals surface area contributed by atoms with Crippen LogP contribution in [0.5, 0.6) is 0 Å². The smallest absolute Gasteiger partial charge is 0.0945 e. The van der Waals surface area contributed by atoms with Crippen LogP contribution in [0.3, 0.4) is 0 Å². The van der Waals surface area contributed by atoms with Gasteiger partial charge in [0.1, 0.15) is 0 Å². The van der Waals surface area contributed by atoms with Crippen molar-refractivity contribution in [2.24, 2.45) is 0 Å². The standard InChI is InChI=1S/C34H71NO3S/c1-4-7-10-13-16-19-22-25-30-35(33-28-29-34-39(36,37)38,31-26-23-20-17-14-11-8-5-2)32-27-24-21-18-15-12-9-6-3/h4-34H2,1-3H3. The molecule has 0 aliphatic rings. The van der Waals surface area contributed by atoms with Crippen LogP contribution in [0.2, 0.25) is 0 Å². The molecule has 0 aliphatic heterocycles. The average molecular weight is 574 g/mol. The second-order valence-electron chi connectivity index (χ2n) is 12.6. The molecule has 0 amide bonds. The van der Waals surface area contributed by atoms with Crippen LogP contribution in [-0.2, 0) is 10.1 Å². The Labute approximate surface area is 246 Å². The first-order valence-corrected chi connectivity index (χ1v) is 19.3. The quantitative estimate of drug-likeness (QED) is 0.0457. The van der Waals surface area contributed by atoms with Gasteiger partial charge in [-0.3, -0.25) is 0 Å². The molecule has 5 heteroatoms. The number of nitrogens with zero attached hydrogens (tertiary/aromatic N) is 1. The van der Waals surface area contributed by atoms with Crippen molar-refractivity contribution < 1.29 is 17.5 Å². The fourth-order valence-corrected chi connectivity index (χ4v) is 6.70. The van der Waals surface area contributed by atoms with E-state index >= 15 is 0 Å². The summed E-state index contributed by atoms with van der Waals surface area (Å²) in [7, 11) is -4.10. The van der Waals surface area contributed by atoms with Crippen molar-refractivity contribution in [3.05, 3.63) is 0 Å². The Morgan fingerprint density at radius 1 is 0.385 bits per heavy atom. The molecule has 0 aromatic heterocycles. The van der Waals surface area contributed by atoms with Gasteiger partial charge in [0.05, 0.1) is 36.3 Å². The molecule has 4 nitrogen and oxygen atoms in total. The van der Waals surface area contributed by atoms with E-state index in [1.54, 1.807) is 0 Å².